The number of hydrogen-bond donors (Lipinski definition) is 2. The van der Waals surface area contributed by atoms with E-state index in [1.807, 2.05) is 18.2 Å². The molecule has 0 saturated heterocycles. The molecule has 5 heteroatoms. The third-order valence-corrected chi connectivity index (χ3v) is 3.28. The number of carbonyl (C=O) groups excluding carboxylic acids is 1. The fourth-order valence-electron chi connectivity index (χ4n) is 1.91. The lowest BCUT2D eigenvalue weighted by molar-refractivity contribution is -0.140. The van der Waals surface area contributed by atoms with Gasteiger partial charge >= 0.3 is 5.97 Å². The largest absolute Gasteiger partial charge is 0.481 e. The monoisotopic (exact) mass is 267 g/mol. The molecule has 1 fully saturated rings. The minimum Gasteiger partial charge on any atom is -0.481 e. The van der Waals surface area contributed by atoms with Gasteiger partial charge in [-0.1, -0.05) is 23.7 Å². The summed E-state index contributed by atoms with van der Waals surface area (Å²) < 4.78 is 0. The second kappa shape index (κ2) is 5.40. The molecule has 0 bridgehead atoms. The second-order valence-electron chi connectivity index (χ2n) is 4.46. The molecule has 1 amide bonds. The Kier molecular flexibility index (Phi) is 3.87. The molecule has 1 aliphatic rings. The number of rotatable bonds is 5. The van der Waals surface area contributed by atoms with Crippen molar-refractivity contribution < 1.29 is 14.7 Å². The van der Waals surface area contributed by atoms with Gasteiger partial charge < -0.3 is 10.4 Å². The first-order valence-electron chi connectivity index (χ1n) is 5.83. The van der Waals surface area contributed by atoms with Crippen molar-refractivity contribution in [2.45, 2.75) is 12.8 Å². The normalized spacial score (nSPS) is 21.4. The van der Waals surface area contributed by atoms with Crippen molar-refractivity contribution in [1.82, 2.24) is 5.32 Å². The molecule has 0 aromatic heterocycles. The minimum atomic E-state index is -0.884. The Labute approximate surface area is 110 Å². The number of halogens is 1. The van der Waals surface area contributed by atoms with Crippen LogP contribution in [0.15, 0.2) is 24.3 Å². The lowest BCUT2D eigenvalue weighted by Crippen LogP contribution is -2.28. The molecule has 0 unspecified atom stereocenters. The number of hydrogen-bond acceptors (Lipinski definition) is 2. The van der Waals surface area contributed by atoms with E-state index in [0.717, 1.165) is 5.56 Å². The summed E-state index contributed by atoms with van der Waals surface area (Å²) in [6.45, 7) is 0.502. The molecule has 2 rings (SSSR count). The van der Waals surface area contributed by atoms with E-state index in [-0.39, 0.29) is 11.8 Å². The Morgan fingerprint density at radius 1 is 1.39 bits per heavy atom. The van der Waals surface area contributed by atoms with Gasteiger partial charge in [0.2, 0.25) is 5.91 Å². The molecule has 1 aliphatic carbocycles. The molecule has 4 nitrogen and oxygen atoms in total. The van der Waals surface area contributed by atoms with E-state index >= 15 is 0 Å². The Morgan fingerprint density at radius 2 is 2.17 bits per heavy atom. The van der Waals surface area contributed by atoms with Gasteiger partial charge in [-0.15, -0.1) is 0 Å². The fourth-order valence-corrected chi connectivity index (χ4v) is 2.12. The second-order valence-corrected chi connectivity index (χ2v) is 4.89. The third-order valence-electron chi connectivity index (χ3n) is 3.05. The van der Waals surface area contributed by atoms with Gasteiger partial charge in [0, 0.05) is 11.6 Å². The first-order chi connectivity index (χ1) is 8.58. The number of amides is 1. The highest BCUT2D eigenvalue weighted by Gasteiger charge is 2.48. The van der Waals surface area contributed by atoms with Gasteiger partial charge in [-0.05, 0) is 30.5 Å². The molecule has 0 heterocycles. The predicted molar refractivity (Wildman–Crippen MR) is 67.4 cm³/mol. The van der Waals surface area contributed by atoms with Crippen LogP contribution in [0, 0.1) is 11.8 Å². The predicted octanol–water partition coefficient (Wildman–Crippen LogP) is 1.72. The topological polar surface area (TPSA) is 66.4 Å². The van der Waals surface area contributed by atoms with Gasteiger partial charge in [0.05, 0.1) is 11.8 Å². The number of carboxylic acid groups (broad SMARTS) is 1. The van der Waals surface area contributed by atoms with Crippen LogP contribution >= 0.6 is 11.6 Å². The summed E-state index contributed by atoms with van der Waals surface area (Å²) >= 11 is 5.85. The quantitative estimate of drug-likeness (QED) is 0.854. The summed E-state index contributed by atoms with van der Waals surface area (Å²) in [6, 6.07) is 7.45. The van der Waals surface area contributed by atoms with Crippen LogP contribution in [0.1, 0.15) is 12.0 Å². The summed E-state index contributed by atoms with van der Waals surface area (Å²) in [5, 5.41) is 12.1. The SMILES string of the molecule is O=C(NCCc1cccc(Cl)c1)[C@H]1C[C@H]1C(=O)O. The van der Waals surface area contributed by atoms with Gasteiger partial charge in [-0.3, -0.25) is 9.59 Å². The smallest absolute Gasteiger partial charge is 0.307 e. The van der Waals surface area contributed by atoms with Crippen molar-refractivity contribution in [2.75, 3.05) is 6.54 Å². The van der Waals surface area contributed by atoms with Crippen LogP contribution in [0.25, 0.3) is 0 Å². The van der Waals surface area contributed by atoms with Gasteiger partial charge in [0.15, 0.2) is 0 Å². The zero-order valence-electron chi connectivity index (χ0n) is 9.73. The summed E-state index contributed by atoms with van der Waals surface area (Å²) in [5.41, 5.74) is 1.05. The lowest BCUT2D eigenvalue weighted by atomic mass is 10.1. The Balaban J connectivity index is 1.73. The number of benzene rings is 1. The van der Waals surface area contributed by atoms with Crippen molar-refractivity contribution in [3.63, 3.8) is 0 Å². The van der Waals surface area contributed by atoms with E-state index in [0.29, 0.717) is 24.4 Å². The fraction of sp³-hybridized carbons (Fsp3) is 0.385. The summed E-state index contributed by atoms with van der Waals surface area (Å²) in [6.07, 6.45) is 1.15. The van der Waals surface area contributed by atoms with E-state index in [9.17, 15) is 9.59 Å². The summed E-state index contributed by atoms with van der Waals surface area (Å²) in [7, 11) is 0. The van der Waals surface area contributed by atoms with Crippen LogP contribution < -0.4 is 5.32 Å². The zero-order valence-corrected chi connectivity index (χ0v) is 10.5. The molecule has 96 valence electrons. The van der Waals surface area contributed by atoms with E-state index in [4.69, 9.17) is 16.7 Å². The standard InChI is InChI=1S/C13H14ClNO3/c14-9-3-1-2-8(6-9)4-5-15-12(16)10-7-11(10)13(17)18/h1-3,6,10-11H,4-5,7H2,(H,15,16)(H,17,18)/t10-,11+/m0/s1. The van der Waals surface area contributed by atoms with Gasteiger partial charge in [-0.2, -0.15) is 0 Å². The Hall–Kier alpha value is -1.55. The van der Waals surface area contributed by atoms with Crippen molar-refractivity contribution in [3.05, 3.63) is 34.9 Å². The molecule has 18 heavy (non-hydrogen) atoms. The van der Waals surface area contributed by atoms with Crippen LogP contribution in [0.2, 0.25) is 5.02 Å². The maximum atomic E-state index is 11.6. The van der Waals surface area contributed by atoms with Crippen LogP contribution in [-0.4, -0.2) is 23.5 Å². The summed E-state index contributed by atoms with van der Waals surface area (Å²) in [4.78, 5) is 22.2. The zero-order chi connectivity index (χ0) is 13.1. The number of carbonyl (C=O) groups is 2. The molecule has 0 aliphatic heterocycles. The molecule has 1 aromatic rings. The lowest BCUT2D eigenvalue weighted by Gasteiger charge is -2.05. The van der Waals surface area contributed by atoms with Gasteiger partial charge in [-0.25, -0.2) is 0 Å². The Bertz CT molecular complexity index is 475. The van der Waals surface area contributed by atoms with Gasteiger partial charge in [0.25, 0.3) is 0 Å². The molecule has 2 atom stereocenters. The van der Waals surface area contributed by atoms with Gasteiger partial charge in [0.1, 0.15) is 0 Å². The number of aliphatic carboxylic acids is 1. The molecular weight excluding hydrogens is 254 g/mol. The number of nitrogens with one attached hydrogen (secondary N) is 1. The van der Waals surface area contributed by atoms with Crippen LogP contribution in [0.3, 0.4) is 0 Å². The first-order valence-corrected chi connectivity index (χ1v) is 6.20. The highest BCUT2D eigenvalue weighted by atomic mass is 35.5. The molecule has 2 N–H and O–H groups in total. The maximum Gasteiger partial charge on any atom is 0.307 e. The molecule has 1 saturated carbocycles. The highest BCUT2D eigenvalue weighted by molar-refractivity contribution is 6.30. The van der Waals surface area contributed by atoms with Crippen LogP contribution in [0.4, 0.5) is 0 Å². The molecular formula is C13H14ClNO3. The van der Waals surface area contributed by atoms with Crippen LogP contribution in [-0.2, 0) is 16.0 Å². The highest BCUT2D eigenvalue weighted by Crippen LogP contribution is 2.38. The maximum absolute atomic E-state index is 11.6. The van der Waals surface area contributed by atoms with Crippen molar-refractivity contribution in [3.8, 4) is 0 Å². The van der Waals surface area contributed by atoms with E-state index < -0.39 is 11.9 Å². The van der Waals surface area contributed by atoms with Crippen LogP contribution in [0.5, 0.6) is 0 Å². The summed E-state index contributed by atoms with van der Waals surface area (Å²) in [5.74, 6) is -1.88. The number of carboxylic acids is 1. The minimum absolute atomic E-state index is 0.163. The van der Waals surface area contributed by atoms with E-state index in [1.54, 1.807) is 6.07 Å². The van der Waals surface area contributed by atoms with E-state index in [2.05, 4.69) is 5.32 Å². The molecule has 1 aromatic carbocycles. The van der Waals surface area contributed by atoms with Crippen molar-refractivity contribution in [1.29, 1.82) is 0 Å². The molecule has 0 spiro atoms. The first kappa shape index (κ1) is 12.9. The third kappa shape index (κ3) is 3.23. The molecule has 0 radical (unpaired) electrons. The van der Waals surface area contributed by atoms with Crippen molar-refractivity contribution >= 4 is 23.5 Å². The Morgan fingerprint density at radius 3 is 2.78 bits per heavy atom. The van der Waals surface area contributed by atoms with Crippen molar-refractivity contribution in [2.24, 2.45) is 11.8 Å². The van der Waals surface area contributed by atoms with E-state index in [1.165, 1.54) is 0 Å². The average Bonchev–Trinajstić information content (AvgIpc) is 3.09. The average molecular weight is 268 g/mol.